The molecule has 0 saturated carbocycles. The maximum Gasteiger partial charge on any atom is 0.380 e. The summed E-state index contributed by atoms with van der Waals surface area (Å²) in [6, 6.07) is 13.1. The van der Waals surface area contributed by atoms with E-state index >= 15 is 0 Å². The summed E-state index contributed by atoms with van der Waals surface area (Å²) in [6.45, 7) is 3.03. The van der Waals surface area contributed by atoms with Crippen molar-refractivity contribution in [3.05, 3.63) is 71.3 Å². The predicted molar refractivity (Wildman–Crippen MR) is 121 cm³/mol. The quantitative estimate of drug-likeness (QED) is 0.460. The second-order valence-electron chi connectivity index (χ2n) is 8.17. The van der Waals surface area contributed by atoms with Crippen LogP contribution in [0.1, 0.15) is 45.8 Å². The number of halogens is 1. The Labute approximate surface area is 201 Å². The van der Waals surface area contributed by atoms with Gasteiger partial charge in [0.1, 0.15) is 24.3 Å². The number of aliphatic hydroxyl groups is 1. The van der Waals surface area contributed by atoms with Crippen LogP contribution in [0.2, 0.25) is 0 Å². The van der Waals surface area contributed by atoms with Gasteiger partial charge in [-0.25, -0.2) is 9.18 Å². The number of hydrogen-bond donors (Lipinski definition) is 1. The molecule has 2 atom stereocenters. The molecular formula is C24H26FN5O5. The summed E-state index contributed by atoms with van der Waals surface area (Å²) < 4.78 is 23.6. The van der Waals surface area contributed by atoms with Gasteiger partial charge in [-0.1, -0.05) is 12.1 Å². The summed E-state index contributed by atoms with van der Waals surface area (Å²) in [5, 5.41) is 21.4. The number of tetrazole rings is 1. The Morgan fingerprint density at radius 3 is 2.63 bits per heavy atom. The highest BCUT2D eigenvalue weighted by Gasteiger charge is 2.28. The third-order valence-electron chi connectivity index (χ3n) is 5.65. The molecule has 2 heterocycles. The lowest BCUT2D eigenvalue weighted by Gasteiger charge is -2.17. The topological polar surface area (TPSA) is 120 Å². The van der Waals surface area contributed by atoms with Crippen LogP contribution in [0.5, 0.6) is 5.75 Å². The molecule has 0 aliphatic carbocycles. The molecule has 2 aromatic carbocycles. The van der Waals surface area contributed by atoms with Crippen molar-refractivity contribution in [3.63, 3.8) is 0 Å². The molecule has 1 amide bonds. The molecule has 35 heavy (non-hydrogen) atoms. The number of carbonyl (C=O) groups is 2. The number of aliphatic hydroxyl groups excluding tert-OH is 1. The van der Waals surface area contributed by atoms with Gasteiger partial charge < -0.3 is 19.5 Å². The van der Waals surface area contributed by atoms with Gasteiger partial charge in [-0.2, -0.15) is 4.80 Å². The predicted octanol–water partition coefficient (Wildman–Crippen LogP) is 2.06. The third-order valence-corrected chi connectivity index (χ3v) is 5.65. The normalized spacial score (nSPS) is 16.2. The Hall–Kier alpha value is -3.86. The van der Waals surface area contributed by atoms with Crippen molar-refractivity contribution in [1.29, 1.82) is 0 Å². The van der Waals surface area contributed by atoms with E-state index in [9.17, 15) is 19.1 Å². The van der Waals surface area contributed by atoms with Gasteiger partial charge in [-0.3, -0.25) is 4.79 Å². The van der Waals surface area contributed by atoms with E-state index in [1.54, 1.807) is 48.2 Å². The molecule has 0 bridgehead atoms. The number of aromatic nitrogens is 4. The largest absolute Gasteiger partial charge is 0.491 e. The number of carbonyl (C=O) groups excluding carboxylic acids is 2. The van der Waals surface area contributed by atoms with Gasteiger partial charge in [0.25, 0.3) is 11.7 Å². The minimum atomic E-state index is -0.950. The van der Waals surface area contributed by atoms with Gasteiger partial charge in [-0.15, -0.1) is 10.2 Å². The van der Waals surface area contributed by atoms with E-state index in [0.29, 0.717) is 24.4 Å². The number of hydrogen-bond acceptors (Lipinski definition) is 8. The highest BCUT2D eigenvalue weighted by atomic mass is 19.1. The van der Waals surface area contributed by atoms with Gasteiger partial charge in [0, 0.05) is 24.6 Å². The first-order valence-electron chi connectivity index (χ1n) is 11.3. The number of nitrogens with zero attached hydrogens (tertiary/aromatic N) is 5. The summed E-state index contributed by atoms with van der Waals surface area (Å²) in [5.41, 5.74) is 1.57. The number of rotatable bonds is 9. The number of amides is 1. The average molecular weight is 484 g/mol. The molecule has 1 N–H and O–H groups in total. The minimum absolute atomic E-state index is 0.0207. The standard InChI is InChI=1S/C24H26FN5O5/c1-2-34-24(33)22-26-28-30(27-22)14-20(31)15-35-21-9-5-17(6-10-21)23(32)29-12-11-18(13-29)16-3-7-19(25)8-4-16/h3-10,18,20,31H,2,11-15H2,1H3/t18-,20?/m0/s1. The van der Waals surface area contributed by atoms with E-state index in [1.807, 2.05) is 0 Å². The third kappa shape index (κ3) is 6.18. The molecule has 1 aliphatic rings. The van der Waals surface area contributed by atoms with Crippen LogP contribution < -0.4 is 4.74 Å². The summed E-state index contributed by atoms with van der Waals surface area (Å²) in [5.74, 6) is -0.522. The lowest BCUT2D eigenvalue weighted by molar-refractivity contribution is 0.0509. The van der Waals surface area contributed by atoms with Crippen molar-refractivity contribution in [2.75, 3.05) is 26.3 Å². The van der Waals surface area contributed by atoms with Crippen LogP contribution in [0.15, 0.2) is 48.5 Å². The molecule has 0 spiro atoms. The molecule has 184 valence electrons. The molecule has 0 radical (unpaired) electrons. The minimum Gasteiger partial charge on any atom is -0.491 e. The van der Waals surface area contributed by atoms with E-state index < -0.39 is 12.1 Å². The van der Waals surface area contributed by atoms with Crippen LogP contribution in [0, 0.1) is 5.82 Å². The molecule has 3 aromatic rings. The van der Waals surface area contributed by atoms with Crippen LogP contribution in [0.4, 0.5) is 4.39 Å². The highest BCUT2D eigenvalue weighted by Crippen LogP contribution is 2.28. The molecule has 4 rings (SSSR count). The number of esters is 1. The summed E-state index contributed by atoms with van der Waals surface area (Å²) in [7, 11) is 0. The molecule has 1 aliphatic heterocycles. The first-order valence-corrected chi connectivity index (χ1v) is 11.3. The number of benzene rings is 2. The van der Waals surface area contributed by atoms with Crippen molar-refractivity contribution < 1.29 is 28.6 Å². The monoisotopic (exact) mass is 483 g/mol. The molecule has 1 unspecified atom stereocenters. The summed E-state index contributed by atoms with van der Waals surface area (Å²) in [6.07, 6.45) is -0.119. The Morgan fingerprint density at radius 1 is 1.17 bits per heavy atom. The maximum absolute atomic E-state index is 13.2. The van der Waals surface area contributed by atoms with Gasteiger partial charge in [-0.05, 0) is 60.5 Å². The summed E-state index contributed by atoms with van der Waals surface area (Å²) >= 11 is 0. The lowest BCUT2D eigenvalue weighted by Crippen LogP contribution is -2.28. The Balaban J connectivity index is 1.25. The number of ether oxygens (including phenoxy) is 2. The van der Waals surface area contributed by atoms with Gasteiger partial charge in [0.15, 0.2) is 0 Å². The fraction of sp³-hybridized carbons (Fsp3) is 0.375. The smallest absolute Gasteiger partial charge is 0.380 e. The van der Waals surface area contributed by atoms with Crippen LogP contribution in [-0.4, -0.2) is 74.5 Å². The van der Waals surface area contributed by atoms with E-state index in [1.165, 1.54) is 12.1 Å². The second-order valence-corrected chi connectivity index (χ2v) is 8.17. The number of likely N-dealkylation sites (tertiary alicyclic amines) is 1. The van der Waals surface area contributed by atoms with Gasteiger partial charge >= 0.3 is 5.97 Å². The zero-order valence-electron chi connectivity index (χ0n) is 19.2. The van der Waals surface area contributed by atoms with Crippen molar-refractivity contribution in [3.8, 4) is 5.75 Å². The van der Waals surface area contributed by atoms with Crippen LogP contribution in [-0.2, 0) is 11.3 Å². The highest BCUT2D eigenvalue weighted by molar-refractivity contribution is 5.94. The van der Waals surface area contributed by atoms with Crippen molar-refractivity contribution in [1.82, 2.24) is 25.1 Å². The first kappa shape index (κ1) is 24.3. The Bertz CT molecular complexity index is 1150. The fourth-order valence-electron chi connectivity index (χ4n) is 3.86. The molecule has 1 aromatic heterocycles. The Kier molecular flexibility index (Phi) is 7.66. The molecule has 10 nitrogen and oxygen atoms in total. The first-order chi connectivity index (χ1) is 16.9. The van der Waals surface area contributed by atoms with E-state index in [-0.39, 0.29) is 43.2 Å². The van der Waals surface area contributed by atoms with Crippen molar-refractivity contribution in [2.45, 2.75) is 31.9 Å². The zero-order valence-corrected chi connectivity index (χ0v) is 19.2. The fourth-order valence-corrected chi connectivity index (χ4v) is 3.86. The lowest BCUT2D eigenvalue weighted by atomic mass is 9.99. The average Bonchev–Trinajstić information content (AvgIpc) is 3.54. The van der Waals surface area contributed by atoms with Gasteiger partial charge in [0.2, 0.25) is 0 Å². The second kappa shape index (κ2) is 11.0. The Morgan fingerprint density at radius 2 is 1.91 bits per heavy atom. The van der Waals surface area contributed by atoms with Gasteiger partial charge in [0.05, 0.1) is 13.2 Å². The van der Waals surface area contributed by atoms with Crippen molar-refractivity contribution in [2.24, 2.45) is 0 Å². The van der Waals surface area contributed by atoms with E-state index in [2.05, 4.69) is 15.4 Å². The van der Waals surface area contributed by atoms with E-state index in [0.717, 1.165) is 16.8 Å². The maximum atomic E-state index is 13.2. The zero-order chi connectivity index (χ0) is 24.8. The molecular weight excluding hydrogens is 457 g/mol. The van der Waals surface area contributed by atoms with Crippen LogP contribution in [0.25, 0.3) is 0 Å². The van der Waals surface area contributed by atoms with Crippen LogP contribution >= 0.6 is 0 Å². The molecule has 1 saturated heterocycles. The molecule has 11 heteroatoms. The SMILES string of the molecule is CCOC(=O)c1nnn(CC(O)COc2ccc(C(=O)N3CC[C@H](c4ccc(F)cc4)C3)cc2)n1. The van der Waals surface area contributed by atoms with E-state index in [4.69, 9.17) is 9.47 Å². The van der Waals surface area contributed by atoms with Crippen LogP contribution in [0.3, 0.4) is 0 Å². The molecule has 1 fully saturated rings. The van der Waals surface area contributed by atoms with Crippen molar-refractivity contribution >= 4 is 11.9 Å². The summed E-state index contributed by atoms with van der Waals surface area (Å²) in [4.78, 5) is 27.3.